The van der Waals surface area contributed by atoms with Crippen LogP contribution >= 0.6 is 11.8 Å². The Kier molecular flexibility index (Phi) is 7.13. The van der Waals surface area contributed by atoms with Crippen LogP contribution in [0.3, 0.4) is 0 Å². The fourth-order valence-corrected chi connectivity index (χ4v) is 7.91. The summed E-state index contributed by atoms with van der Waals surface area (Å²) in [5.74, 6) is 1.01. The Hall–Kier alpha value is -3.76. The molecule has 4 aliphatic rings. The highest BCUT2D eigenvalue weighted by Crippen LogP contribution is 2.54. The lowest BCUT2D eigenvalue weighted by Crippen LogP contribution is -2.46. The van der Waals surface area contributed by atoms with E-state index in [1.807, 2.05) is 24.4 Å². The number of fused-ring (bicyclic) bond motifs is 7. The molecule has 2 atom stereocenters. The van der Waals surface area contributed by atoms with Gasteiger partial charge in [-0.05, 0) is 102 Å². The Morgan fingerprint density at radius 2 is 1.73 bits per heavy atom. The van der Waals surface area contributed by atoms with Gasteiger partial charge in [0.1, 0.15) is 5.82 Å². The van der Waals surface area contributed by atoms with E-state index in [0.29, 0.717) is 30.7 Å². The summed E-state index contributed by atoms with van der Waals surface area (Å²) in [6.45, 7) is 3.31. The first kappa shape index (κ1) is 27.8. The summed E-state index contributed by atoms with van der Waals surface area (Å²) in [6.07, 6.45) is 9.20. The maximum atomic E-state index is 12.1. The van der Waals surface area contributed by atoms with Crippen molar-refractivity contribution in [3.63, 3.8) is 0 Å². The van der Waals surface area contributed by atoms with Crippen molar-refractivity contribution in [1.29, 1.82) is 0 Å². The van der Waals surface area contributed by atoms with Crippen LogP contribution in [-0.2, 0) is 16.6 Å². The Balaban J connectivity index is 0.000000360. The number of aromatic amines is 2. The molecule has 44 heavy (non-hydrogen) atoms. The van der Waals surface area contributed by atoms with Gasteiger partial charge in [-0.25, -0.2) is 9.97 Å². The quantitative estimate of drug-likeness (QED) is 0.152. The van der Waals surface area contributed by atoms with Crippen LogP contribution < -0.4 is 16.6 Å². The average Bonchev–Trinajstić information content (AvgIpc) is 3.57. The van der Waals surface area contributed by atoms with Gasteiger partial charge in [0, 0.05) is 11.7 Å². The minimum atomic E-state index is -0.146. The Labute approximate surface area is 260 Å². The predicted octanol–water partition coefficient (Wildman–Crippen LogP) is 5.37. The van der Waals surface area contributed by atoms with Crippen LogP contribution in [0.4, 0.5) is 0 Å². The molecule has 1 spiro atoms. The number of aryl methyl sites for hydroxylation is 1. The molecule has 5 heterocycles. The number of H-pyrrole nitrogens is 2. The van der Waals surface area contributed by atoms with Gasteiger partial charge in [-0.2, -0.15) is 0 Å². The molecular weight excluding hydrogens is 568 g/mol. The molecule has 0 saturated carbocycles. The van der Waals surface area contributed by atoms with Gasteiger partial charge in [0.25, 0.3) is 5.56 Å². The zero-order chi connectivity index (χ0) is 29.7. The second-order valence-corrected chi connectivity index (χ2v) is 13.6. The highest BCUT2D eigenvalue weighted by Gasteiger charge is 2.49. The maximum absolute atomic E-state index is 12.1. The zero-order valence-corrected chi connectivity index (χ0v) is 25.4. The number of nitrogens with one attached hydrogen (secondary N) is 3. The van der Waals surface area contributed by atoms with E-state index in [1.54, 1.807) is 0 Å². The van der Waals surface area contributed by atoms with Crippen LogP contribution in [0.1, 0.15) is 42.6 Å². The first-order valence-corrected chi connectivity index (χ1v) is 16.6. The van der Waals surface area contributed by atoms with Crippen molar-refractivity contribution in [1.82, 2.24) is 25.3 Å². The molecule has 0 amide bonds. The lowest BCUT2D eigenvalue weighted by Gasteiger charge is -2.40. The molecule has 0 radical (unpaired) electrons. The number of imidazole rings is 1. The predicted molar refractivity (Wildman–Crippen MR) is 177 cm³/mol. The lowest BCUT2D eigenvalue weighted by molar-refractivity contribution is -0.0357. The number of aromatic nitrogens is 4. The second kappa shape index (κ2) is 11.3. The van der Waals surface area contributed by atoms with Crippen LogP contribution in [0.5, 0.6) is 0 Å². The van der Waals surface area contributed by atoms with Gasteiger partial charge < -0.3 is 25.8 Å². The molecule has 3 fully saturated rings. The third-order valence-electron chi connectivity index (χ3n) is 9.43. The van der Waals surface area contributed by atoms with E-state index in [9.17, 15) is 4.79 Å². The summed E-state index contributed by atoms with van der Waals surface area (Å²) < 4.78 is 5.82. The Morgan fingerprint density at radius 1 is 0.955 bits per heavy atom. The number of hydrogen-bond donors (Lipinski definition) is 4. The molecule has 224 valence electrons. The van der Waals surface area contributed by atoms with E-state index in [1.165, 1.54) is 48.0 Å². The summed E-state index contributed by atoms with van der Waals surface area (Å²) in [7, 11) is 0. The standard InChI is InChI=1S/C30H27N5O2.C5H9NS/c31-10-2-1-3-28-32-14-27(35-28)20-6-8-22-21-7-4-18(11-24(21)30(15-37-16-30)25(22)12-20)19-5-9-23-26(13-19)33-17-34-29(23)36;1-2-4-5(7-4)6-3-1/h4-9,11-14,17H,1-3,10,15-16,31H2,(H,32,35)(H,33,34,36);4-6H,1-3H2. The molecular formula is C35H36N6O2S. The lowest BCUT2D eigenvalue weighted by atomic mass is 9.75. The summed E-state index contributed by atoms with van der Waals surface area (Å²) in [4.78, 5) is 27.2. The molecule has 5 N–H and O–H groups in total. The number of thioether (sulfide) groups is 1. The molecule has 5 aromatic rings. The minimum Gasteiger partial charge on any atom is -0.379 e. The summed E-state index contributed by atoms with van der Waals surface area (Å²) in [5, 5.41) is 5.89. The summed E-state index contributed by atoms with van der Waals surface area (Å²) in [6, 6.07) is 19.2. The summed E-state index contributed by atoms with van der Waals surface area (Å²) in [5.41, 5.74) is 15.5. The van der Waals surface area contributed by atoms with E-state index in [2.05, 4.69) is 73.4 Å². The largest absolute Gasteiger partial charge is 0.379 e. The van der Waals surface area contributed by atoms with Crippen LogP contribution in [-0.4, -0.2) is 56.9 Å². The molecule has 1 aliphatic carbocycles. The molecule has 3 saturated heterocycles. The second-order valence-electron chi connectivity index (χ2n) is 12.2. The van der Waals surface area contributed by atoms with Crippen molar-refractivity contribution >= 4 is 22.7 Å². The van der Waals surface area contributed by atoms with E-state index >= 15 is 0 Å². The SMILES string of the molecule is C1CNC2SC2C1.NCCCCc1ncc(-c2ccc3c(c2)C2(COC2)c2cc(-c4ccc5c(=O)[nH]cnc5c4)ccc2-3)[nH]1. The van der Waals surface area contributed by atoms with E-state index in [-0.39, 0.29) is 11.0 Å². The van der Waals surface area contributed by atoms with Crippen molar-refractivity contribution < 1.29 is 4.74 Å². The molecule has 8 nitrogen and oxygen atoms in total. The Bertz CT molecular complexity index is 1900. The number of nitrogens with zero attached hydrogens (tertiary/aromatic N) is 2. The third kappa shape index (κ3) is 4.88. The number of unbranched alkanes of at least 4 members (excludes halogenated alkanes) is 1. The highest BCUT2D eigenvalue weighted by atomic mass is 32.2. The van der Waals surface area contributed by atoms with Gasteiger partial charge in [-0.15, -0.1) is 11.8 Å². The highest BCUT2D eigenvalue weighted by molar-refractivity contribution is 8.07. The number of rotatable bonds is 6. The Morgan fingerprint density at radius 3 is 2.45 bits per heavy atom. The number of benzene rings is 3. The van der Waals surface area contributed by atoms with Gasteiger partial charge >= 0.3 is 0 Å². The zero-order valence-electron chi connectivity index (χ0n) is 24.6. The molecule has 2 aromatic heterocycles. The smallest absolute Gasteiger partial charge is 0.258 e. The fourth-order valence-electron chi connectivity index (χ4n) is 6.87. The van der Waals surface area contributed by atoms with E-state index < -0.39 is 0 Å². The van der Waals surface area contributed by atoms with Crippen molar-refractivity contribution in [2.75, 3.05) is 26.3 Å². The van der Waals surface area contributed by atoms with Gasteiger partial charge in [0.05, 0.1) is 53.1 Å². The van der Waals surface area contributed by atoms with Crippen molar-refractivity contribution in [3.05, 3.63) is 94.4 Å². The molecule has 9 heteroatoms. The molecule has 9 rings (SSSR count). The normalized spacial score (nSPS) is 20.3. The molecule has 2 unspecified atom stereocenters. The maximum Gasteiger partial charge on any atom is 0.258 e. The van der Waals surface area contributed by atoms with E-state index in [4.69, 9.17) is 10.5 Å². The molecule has 0 bridgehead atoms. The summed E-state index contributed by atoms with van der Waals surface area (Å²) >= 11 is 2.09. The number of nitrogens with two attached hydrogens (primary N) is 1. The van der Waals surface area contributed by atoms with Crippen LogP contribution in [0.15, 0.2) is 71.9 Å². The third-order valence-corrected chi connectivity index (χ3v) is 10.8. The van der Waals surface area contributed by atoms with Crippen LogP contribution in [0.25, 0.3) is 44.4 Å². The van der Waals surface area contributed by atoms with Crippen molar-refractivity contribution in [2.24, 2.45) is 5.73 Å². The van der Waals surface area contributed by atoms with Gasteiger partial charge in [0.15, 0.2) is 0 Å². The van der Waals surface area contributed by atoms with Crippen molar-refractivity contribution in [2.45, 2.75) is 48.1 Å². The number of piperidine rings is 1. The van der Waals surface area contributed by atoms with Crippen LogP contribution in [0.2, 0.25) is 0 Å². The first-order chi connectivity index (χ1) is 21.6. The number of ether oxygens (including phenoxy) is 1. The van der Waals surface area contributed by atoms with E-state index in [0.717, 1.165) is 58.1 Å². The minimum absolute atomic E-state index is 0.123. The molecule has 3 aromatic carbocycles. The first-order valence-electron chi connectivity index (χ1n) is 15.6. The van der Waals surface area contributed by atoms with Crippen molar-refractivity contribution in [3.8, 4) is 33.5 Å². The van der Waals surface area contributed by atoms with Crippen LogP contribution in [0, 0.1) is 0 Å². The van der Waals surface area contributed by atoms with Gasteiger partial charge in [0.2, 0.25) is 0 Å². The van der Waals surface area contributed by atoms with Gasteiger partial charge in [-0.3, -0.25) is 4.79 Å². The monoisotopic (exact) mass is 604 g/mol. The molecule has 3 aliphatic heterocycles. The topological polar surface area (TPSA) is 122 Å². The fraction of sp³-hybridized carbons (Fsp3) is 0.343. The number of hydrogen-bond acceptors (Lipinski definition) is 7. The van der Waals surface area contributed by atoms with Gasteiger partial charge in [-0.1, -0.05) is 30.3 Å². The average molecular weight is 605 g/mol.